The molecule has 1 saturated heterocycles. The molecule has 0 aromatic carbocycles. The average Bonchev–Trinajstić information content (AvgIpc) is 2.38. The minimum Gasteiger partial charge on any atom is -0.369 e. The topological polar surface area (TPSA) is 101 Å². The maximum Gasteiger partial charge on any atom is 0.231 e. The van der Waals surface area contributed by atoms with Crippen molar-refractivity contribution in [3.63, 3.8) is 0 Å². The fourth-order valence-electron chi connectivity index (χ4n) is 2.72. The number of nitrogens with one attached hydrogen (secondary N) is 1. The third-order valence-corrected chi connectivity index (χ3v) is 4.18. The standard InChI is InChI=1S/C15H30N4O2/c1-15(2,7-8-16)6-3-14(21)18-12-4-9-19(10-5-12)11-13(17)20/h12H,3-11,16H2,1-2H3,(H2,17,20)(H,18,21). The van der Waals surface area contributed by atoms with E-state index in [1.807, 2.05) is 4.90 Å². The van der Waals surface area contributed by atoms with Crippen molar-refractivity contribution in [3.05, 3.63) is 0 Å². The Labute approximate surface area is 127 Å². The van der Waals surface area contributed by atoms with E-state index in [9.17, 15) is 9.59 Å². The first kappa shape index (κ1) is 17.9. The van der Waals surface area contributed by atoms with Crippen LogP contribution in [0.2, 0.25) is 0 Å². The number of amides is 2. The van der Waals surface area contributed by atoms with Crippen LogP contribution in [0.1, 0.15) is 46.0 Å². The zero-order valence-electron chi connectivity index (χ0n) is 13.4. The van der Waals surface area contributed by atoms with Gasteiger partial charge in [-0.05, 0) is 37.6 Å². The lowest BCUT2D eigenvalue weighted by atomic mass is 9.84. The molecule has 1 fully saturated rings. The maximum atomic E-state index is 12.0. The van der Waals surface area contributed by atoms with E-state index >= 15 is 0 Å². The van der Waals surface area contributed by atoms with Crippen LogP contribution in [0.15, 0.2) is 0 Å². The second kappa shape index (κ2) is 8.34. The second-order valence-corrected chi connectivity index (χ2v) is 6.79. The van der Waals surface area contributed by atoms with E-state index in [2.05, 4.69) is 19.2 Å². The second-order valence-electron chi connectivity index (χ2n) is 6.79. The van der Waals surface area contributed by atoms with Crippen molar-refractivity contribution in [2.45, 2.75) is 52.0 Å². The van der Waals surface area contributed by atoms with Crippen molar-refractivity contribution in [2.24, 2.45) is 16.9 Å². The molecule has 1 aliphatic rings. The SMILES string of the molecule is CC(C)(CCN)CCC(=O)NC1CCN(CC(N)=O)CC1. The zero-order chi connectivity index (χ0) is 15.9. The van der Waals surface area contributed by atoms with Gasteiger partial charge in [-0.3, -0.25) is 14.5 Å². The summed E-state index contributed by atoms with van der Waals surface area (Å²) in [5.41, 5.74) is 10.9. The highest BCUT2D eigenvalue weighted by Gasteiger charge is 2.23. The Bertz CT molecular complexity index is 350. The van der Waals surface area contributed by atoms with Gasteiger partial charge in [0.05, 0.1) is 6.54 Å². The molecule has 0 aromatic heterocycles. The summed E-state index contributed by atoms with van der Waals surface area (Å²) in [5, 5.41) is 3.09. The quantitative estimate of drug-likeness (QED) is 0.596. The molecule has 0 atom stereocenters. The molecule has 2 amide bonds. The van der Waals surface area contributed by atoms with Crippen LogP contribution >= 0.6 is 0 Å². The van der Waals surface area contributed by atoms with Crippen molar-refractivity contribution < 1.29 is 9.59 Å². The number of nitrogens with zero attached hydrogens (tertiary/aromatic N) is 1. The first-order valence-electron chi connectivity index (χ1n) is 7.82. The van der Waals surface area contributed by atoms with Gasteiger partial charge in [-0.25, -0.2) is 0 Å². The molecule has 6 heteroatoms. The number of primary amides is 1. The molecule has 0 saturated carbocycles. The van der Waals surface area contributed by atoms with Crippen LogP contribution in [0.3, 0.4) is 0 Å². The number of rotatable bonds is 8. The molecule has 1 heterocycles. The average molecular weight is 298 g/mol. The van der Waals surface area contributed by atoms with Crippen LogP contribution in [0, 0.1) is 5.41 Å². The highest BCUT2D eigenvalue weighted by Crippen LogP contribution is 2.25. The molecule has 21 heavy (non-hydrogen) atoms. The molecule has 122 valence electrons. The summed E-state index contributed by atoms with van der Waals surface area (Å²) in [6.45, 7) is 6.89. The van der Waals surface area contributed by atoms with Crippen molar-refractivity contribution in [2.75, 3.05) is 26.2 Å². The Morgan fingerprint density at radius 1 is 1.24 bits per heavy atom. The smallest absolute Gasteiger partial charge is 0.231 e. The molecule has 0 radical (unpaired) electrons. The number of likely N-dealkylation sites (tertiary alicyclic amines) is 1. The zero-order valence-corrected chi connectivity index (χ0v) is 13.4. The van der Waals surface area contributed by atoms with E-state index in [0.717, 1.165) is 38.8 Å². The van der Waals surface area contributed by atoms with Gasteiger partial charge in [-0.15, -0.1) is 0 Å². The number of piperidine rings is 1. The van der Waals surface area contributed by atoms with Crippen molar-refractivity contribution in [3.8, 4) is 0 Å². The van der Waals surface area contributed by atoms with Crippen molar-refractivity contribution in [1.29, 1.82) is 0 Å². The van der Waals surface area contributed by atoms with Crippen LogP contribution < -0.4 is 16.8 Å². The molecule has 1 aliphatic heterocycles. The Morgan fingerprint density at radius 2 is 1.86 bits per heavy atom. The molecule has 0 bridgehead atoms. The van der Waals surface area contributed by atoms with E-state index < -0.39 is 0 Å². The van der Waals surface area contributed by atoms with E-state index in [1.54, 1.807) is 0 Å². The van der Waals surface area contributed by atoms with Gasteiger partial charge in [0.15, 0.2) is 0 Å². The molecule has 0 spiro atoms. The van der Waals surface area contributed by atoms with E-state index in [0.29, 0.717) is 19.5 Å². The van der Waals surface area contributed by atoms with Crippen molar-refractivity contribution in [1.82, 2.24) is 10.2 Å². The number of hydrogen-bond donors (Lipinski definition) is 3. The Hall–Kier alpha value is -1.14. The third-order valence-electron chi connectivity index (χ3n) is 4.18. The van der Waals surface area contributed by atoms with Gasteiger partial charge in [-0.2, -0.15) is 0 Å². The summed E-state index contributed by atoms with van der Waals surface area (Å²) in [7, 11) is 0. The largest absolute Gasteiger partial charge is 0.369 e. The van der Waals surface area contributed by atoms with Crippen LogP contribution in [0.4, 0.5) is 0 Å². The van der Waals surface area contributed by atoms with Crippen LogP contribution in [-0.2, 0) is 9.59 Å². The summed E-state index contributed by atoms with van der Waals surface area (Å²) < 4.78 is 0. The molecule has 6 nitrogen and oxygen atoms in total. The number of carbonyl (C=O) groups excluding carboxylic acids is 2. The van der Waals surface area contributed by atoms with Gasteiger partial charge in [-0.1, -0.05) is 13.8 Å². The van der Waals surface area contributed by atoms with Gasteiger partial charge >= 0.3 is 0 Å². The van der Waals surface area contributed by atoms with Gasteiger partial charge in [0.25, 0.3) is 0 Å². The summed E-state index contributed by atoms with van der Waals surface area (Å²) >= 11 is 0. The summed E-state index contributed by atoms with van der Waals surface area (Å²) in [4.78, 5) is 24.9. The molecular weight excluding hydrogens is 268 g/mol. The molecule has 0 unspecified atom stereocenters. The lowest BCUT2D eigenvalue weighted by Gasteiger charge is -2.31. The summed E-state index contributed by atoms with van der Waals surface area (Å²) in [5.74, 6) is -0.173. The fraction of sp³-hybridized carbons (Fsp3) is 0.867. The van der Waals surface area contributed by atoms with Crippen molar-refractivity contribution >= 4 is 11.8 Å². The van der Waals surface area contributed by atoms with Gasteiger partial charge in [0.1, 0.15) is 0 Å². The van der Waals surface area contributed by atoms with Crippen LogP contribution in [0.25, 0.3) is 0 Å². The maximum absolute atomic E-state index is 12.0. The predicted octanol–water partition coefficient (Wildman–Crippen LogP) is 0.208. The Kier molecular flexibility index (Phi) is 7.11. The van der Waals surface area contributed by atoms with Gasteiger partial charge < -0.3 is 16.8 Å². The Morgan fingerprint density at radius 3 is 2.38 bits per heavy atom. The molecule has 0 aliphatic carbocycles. The van der Waals surface area contributed by atoms with Gasteiger partial charge in [0.2, 0.25) is 11.8 Å². The Balaban J connectivity index is 2.23. The number of nitrogens with two attached hydrogens (primary N) is 2. The molecular formula is C15H30N4O2. The van der Waals surface area contributed by atoms with E-state index in [-0.39, 0.29) is 23.3 Å². The van der Waals surface area contributed by atoms with E-state index in [4.69, 9.17) is 11.5 Å². The third kappa shape index (κ3) is 7.43. The number of carbonyl (C=O) groups is 2. The molecule has 1 rings (SSSR count). The van der Waals surface area contributed by atoms with Gasteiger partial charge in [0, 0.05) is 25.6 Å². The van der Waals surface area contributed by atoms with Crippen LogP contribution in [0.5, 0.6) is 0 Å². The fourth-order valence-corrected chi connectivity index (χ4v) is 2.72. The number of hydrogen-bond acceptors (Lipinski definition) is 4. The normalized spacial score (nSPS) is 17.7. The monoisotopic (exact) mass is 298 g/mol. The predicted molar refractivity (Wildman–Crippen MR) is 83.5 cm³/mol. The van der Waals surface area contributed by atoms with E-state index in [1.165, 1.54) is 0 Å². The first-order chi connectivity index (χ1) is 9.82. The highest BCUT2D eigenvalue weighted by atomic mass is 16.2. The lowest BCUT2D eigenvalue weighted by Crippen LogP contribution is -2.46. The summed E-state index contributed by atoms with van der Waals surface area (Å²) in [6, 6.07) is 0.222. The molecule has 0 aromatic rings. The highest BCUT2D eigenvalue weighted by molar-refractivity contribution is 5.76. The summed E-state index contributed by atoms with van der Waals surface area (Å²) in [6.07, 6.45) is 4.10. The van der Waals surface area contributed by atoms with Crippen LogP contribution in [-0.4, -0.2) is 48.9 Å². The molecule has 5 N–H and O–H groups in total. The lowest BCUT2D eigenvalue weighted by molar-refractivity contribution is -0.123. The minimum atomic E-state index is -0.292. The first-order valence-corrected chi connectivity index (χ1v) is 7.82. The minimum absolute atomic E-state index is 0.119.